The van der Waals surface area contributed by atoms with Crippen LogP contribution in [0.2, 0.25) is 15.2 Å². The summed E-state index contributed by atoms with van der Waals surface area (Å²) in [6.45, 7) is 3.26. The number of anilines is 1. The molecule has 172 valence electrons. The van der Waals surface area contributed by atoms with E-state index in [0.717, 1.165) is 23.8 Å². The lowest BCUT2D eigenvalue weighted by Gasteiger charge is -2.33. The molecular weight excluding hydrogens is 495 g/mol. The number of halogens is 3. The van der Waals surface area contributed by atoms with Crippen molar-refractivity contribution in [3.05, 3.63) is 74.0 Å². The number of hydrogen-bond donors (Lipinski definition) is 2. The van der Waals surface area contributed by atoms with Crippen molar-refractivity contribution in [2.24, 2.45) is 7.05 Å². The van der Waals surface area contributed by atoms with E-state index in [9.17, 15) is 8.42 Å². The fourth-order valence-electron chi connectivity index (χ4n) is 3.76. The highest BCUT2D eigenvalue weighted by Crippen LogP contribution is 2.38. The smallest absolute Gasteiger partial charge is 0.299 e. The van der Waals surface area contributed by atoms with Gasteiger partial charge in [-0.3, -0.25) is 9.23 Å². The first-order valence-electron chi connectivity index (χ1n) is 9.56. The monoisotopic (exact) mass is 516 g/mol. The summed E-state index contributed by atoms with van der Waals surface area (Å²) in [6, 6.07) is 11.9. The first kappa shape index (κ1) is 24.8. The maximum absolute atomic E-state index is 10.7. The molecule has 1 aliphatic rings. The van der Waals surface area contributed by atoms with Crippen LogP contribution in [0.4, 0.5) is 5.69 Å². The first-order chi connectivity index (χ1) is 14.9. The summed E-state index contributed by atoms with van der Waals surface area (Å²) in [6.07, 6.45) is 0. The number of aryl methyl sites for hydroxylation is 2. The number of fused-ring (bicyclic) bond motifs is 1. The van der Waals surface area contributed by atoms with E-state index in [1.807, 2.05) is 24.3 Å². The van der Waals surface area contributed by atoms with E-state index in [4.69, 9.17) is 45.1 Å². The third kappa shape index (κ3) is 5.39. The van der Waals surface area contributed by atoms with Crippen LogP contribution in [0, 0.1) is 6.92 Å². The Bertz CT molecular complexity index is 1240. The zero-order chi connectivity index (χ0) is 23.8. The summed E-state index contributed by atoms with van der Waals surface area (Å²) in [5, 5.41) is 5.08. The van der Waals surface area contributed by atoms with Crippen molar-refractivity contribution in [1.29, 1.82) is 0 Å². The van der Waals surface area contributed by atoms with Crippen LogP contribution in [0.25, 0.3) is 0 Å². The largest absolute Gasteiger partial charge is 0.399 e. The second kappa shape index (κ2) is 9.59. The molecule has 0 saturated carbocycles. The van der Waals surface area contributed by atoms with E-state index in [1.54, 1.807) is 0 Å². The number of nitrogens with zero attached hydrogens (tertiary/aromatic N) is 3. The van der Waals surface area contributed by atoms with E-state index in [-0.39, 0.29) is 21.7 Å². The van der Waals surface area contributed by atoms with Crippen LogP contribution in [0.15, 0.2) is 41.3 Å². The van der Waals surface area contributed by atoms with Gasteiger partial charge < -0.3 is 10.6 Å². The molecule has 3 N–H and O–H groups in total. The van der Waals surface area contributed by atoms with Crippen LogP contribution >= 0.6 is 34.8 Å². The lowest BCUT2D eigenvalue weighted by atomic mass is 9.85. The van der Waals surface area contributed by atoms with E-state index < -0.39 is 10.1 Å². The molecular formula is C21H23Cl3N4O3S. The van der Waals surface area contributed by atoms with Gasteiger partial charge in [-0.1, -0.05) is 46.9 Å². The highest BCUT2D eigenvalue weighted by Gasteiger charge is 2.27. The molecule has 2 heterocycles. The molecule has 0 aliphatic carbocycles. The number of nitrogen functional groups attached to an aromatic ring is 1. The number of likely N-dealkylation sites (N-methyl/N-ethyl adjacent to an activating group) is 1. The summed E-state index contributed by atoms with van der Waals surface area (Å²) in [4.78, 5) is 1.95. The lowest BCUT2D eigenvalue weighted by Crippen LogP contribution is -2.31. The van der Waals surface area contributed by atoms with Crippen molar-refractivity contribution in [1.82, 2.24) is 14.7 Å². The summed E-state index contributed by atoms with van der Waals surface area (Å²) in [5.41, 5.74) is 10.4. The minimum Gasteiger partial charge on any atom is -0.399 e. The summed E-state index contributed by atoms with van der Waals surface area (Å²) < 4.78 is 31.3. The maximum Gasteiger partial charge on any atom is 0.299 e. The van der Waals surface area contributed by atoms with Crippen LogP contribution in [0.3, 0.4) is 0 Å². The summed E-state index contributed by atoms with van der Waals surface area (Å²) >= 11 is 18.1. The van der Waals surface area contributed by atoms with Gasteiger partial charge in [-0.25, -0.2) is 0 Å². The Labute approximate surface area is 202 Å². The molecule has 0 amide bonds. The number of benzene rings is 2. The van der Waals surface area contributed by atoms with Gasteiger partial charge in [0.25, 0.3) is 10.1 Å². The molecule has 1 unspecified atom stereocenters. The van der Waals surface area contributed by atoms with Crippen molar-refractivity contribution in [3.8, 4) is 0 Å². The molecule has 2 aromatic carbocycles. The molecule has 1 atom stereocenters. The van der Waals surface area contributed by atoms with Crippen molar-refractivity contribution in [3.63, 3.8) is 0 Å². The molecule has 0 fully saturated rings. The molecule has 3 aromatic rings. The first-order valence-corrected chi connectivity index (χ1v) is 12.1. The second-order valence-corrected chi connectivity index (χ2v) is 10.2. The molecule has 0 radical (unpaired) electrons. The van der Waals surface area contributed by atoms with Gasteiger partial charge in [0.2, 0.25) is 0 Å². The molecule has 11 heteroatoms. The molecule has 1 aromatic heterocycles. The topological polar surface area (TPSA) is 101 Å². The van der Waals surface area contributed by atoms with E-state index in [1.165, 1.54) is 35.3 Å². The Morgan fingerprint density at radius 1 is 1.12 bits per heavy atom. The van der Waals surface area contributed by atoms with Gasteiger partial charge in [0, 0.05) is 41.8 Å². The van der Waals surface area contributed by atoms with Crippen molar-refractivity contribution in [2.75, 3.05) is 19.3 Å². The normalized spacial score (nSPS) is 16.3. The Kier molecular flexibility index (Phi) is 7.44. The van der Waals surface area contributed by atoms with Gasteiger partial charge in [-0.2, -0.15) is 13.5 Å². The minimum absolute atomic E-state index is 0.0880. The van der Waals surface area contributed by atoms with E-state index in [2.05, 4.69) is 29.2 Å². The van der Waals surface area contributed by atoms with Gasteiger partial charge in [0.05, 0.1) is 5.69 Å². The molecule has 1 aliphatic heterocycles. The van der Waals surface area contributed by atoms with Gasteiger partial charge in [0.15, 0.2) is 4.90 Å². The number of aromatic nitrogens is 2. The predicted molar refractivity (Wildman–Crippen MR) is 128 cm³/mol. The highest BCUT2D eigenvalue weighted by molar-refractivity contribution is 7.86. The number of hydrogen-bond acceptors (Lipinski definition) is 5. The van der Waals surface area contributed by atoms with Gasteiger partial charge >= 0.3 is 0 Å². The number of rotatable bonds is 2. The summed E-state index contributed by atoms with van der Waals surface area (Å²) in [5.74, 6) is 0.278. The Balaban J connectivity index is 0.000000207. The van der Waals surface area contributed by atoms with Gasteiger partial charge in [-0.05, 0) is 54.9 Å². The maximum atomic E-state index is 10.7. The molecule has 0 saturated heterocycles. The van der Waals surface area contributed by atoms with Crippen LogP contribution < -0.4 is 5.73 Å². The zero-order valence-corrected chi connectivity index (χ0v) is 20.8. The molecule has 0 bridgehead atoms. The number of nitrogens with two attached hydrogens (primary N) is 1. The Morgan fingerprint density at radius 2 is 1.75 bits per heavy atom. The fraction of sp³-hybridized carbons (Fsp3) is 0.286. The third-order valence-electron chi connectivity index (χ3n) is 5.19. The average Bonchev–Trinajstić information content (AvgIpc) is 2.95. The van der Waals surface area contributed by atoms with Crippen molar-refractivity contribution in [2.45, 2.75) is 24.3 Å². The zero-order valence-electron chi connectivity index (χ0n) is 17.7. The Morgan fingerprint density at radius 3 is 2.25 bits per heavy atom. The van der Waals surface area contributed by atoms with E-state index >= 15 is 0 Å². The molecule has 0 spiro atoms. The van der Waals surface area contributed by atoms with Crippen LogP contribution in [0.1, 0.15) is 28.3 Å². The predicted octanol–water partition coefficient (Wildman–Crippen LogP) is 4.78. The molecule has 7 nitrogen and oxygen atoms in total. The average molecular weight is 518 g/mol. The molecule has 32 heavy (non-hydrogen) atoms. The van der Waals surface area contributed by atoms with Crippen molar-refractivity contribution < 1.29 is 13.0 Å². The lowest BCUT2D eigenvalue weighted by molar-refractivity contribution is 0.295. The Hall–Kier alpha value is -1.81. The third-order valence-corrected chi connectivity index (χ3v) is 7.30. The highest BCUT2D eigenvalue weighted by atomic mass is 35.5. The van der Waals surface area contributed by atoms with Crippen molar-refractivity contribution >= 4 is 50.6 Å². The minimum atomic E-state index is -4.26. The molecule has 4 rings (SSSR count). The van der Waals surface area contributed by atoms with Crippen LogP contribution in [0.5, 0.6) is 0 Å². The SMILES string of the molecule is CN1Cc2c(Cl)cc(Cl)cc2C(c2ccc(N)cc2)C1.Cc1nn(C)c(Cl)c1S(=O)(=O)O. The van der Waals surface area contributed by atoms with E-state index in [0.29, 0.717) is 5.02 Å². The summed E-state index contributed by atoms with van der Waals surface area (Å²) in [7, 11) is -0.659. The standard InChI is InChI=1S/C16H16Cl2N2.C5H7ClN2O3S/c1-20-8-14(10-2-4-12(19)5-3-10)13-6-11(17)7-16(18)15(13)9-20;1-3-4(12(9,10)11)5(6)8(2)7-3/h2-7,14H,8-9,19H2,1H3;1-2H3,(H,9,10,11). The van der Waals surface area contributed by atoms with Crippen LogP contribution in [-0.2, 0) is 23.7 Å². The fourth-order valence-corrected chi connectivity index (χ4v) is 5.56. The van der Waals surface area contributed by atoms with Gasteiger partial charge in [0.1, 0.15) is 5.15 Å². The quantitative estimate of drug-likeness (QED) is 0.375. The van der Waals surface area contributed by atoms with Crippen LogP contribution in [-0.4, -0.2) is 41.2 Å². The van der Waals surface area contributed by atoms with Gasteiger partial charge in [-0.15, -0.1) is 0 Å². The second-order valence-electron chi connectivity index (χ2n) is 7.68.